The number of fused-ring (bicyclic) bond motifs is 2. The van der Waals surface area contributed by atoms with Crippen LogP contribution in [0.15, 0.2) is 4.79 Å². The molecule has 1 aliphatic heterocycles. The first-order valence-electron chi connectivity index (χ1n) is 5.85. The van der Waals surface area contributed by atoms with Crippen molar-refractivity contribution in [3.05, 3.63) is 26.6 Å². The molecule has 0 saturated carbocycles. The second-order valence-corrected chi connectivity index (χ2v) is 5.66. The van der Waals surface area contributed by atoms with Crippen LogP contribution in [0.5, 0.6) is 0 Å². The molecule has 0 bridgehead atoms. The molecule has 0 unspecified atom stereocenters. The number of rotatable bonds is 1. The van der Waals surface area contributed by atoms with Gasteiger partial charge in [-0.15, -0.1) is 11.3 Å². The van der Waals surface area contributed by atoms with Crippen LogP contribution in [0.2, 0.25) is 0 Å². The topological polar surface area (TPSA) is 72.2 Å². The summed E-state index contributed by atoms with van der Waals surface area (Å²) in [6.45, 7) is 2.37. The van der Waals surface area contributed by atoms with E-state index in [9.17, 15) is 14.7 Å². The molecule has 0 atom stereocenters. The number of carboxylic acid groups (broad SMARTS) is 1. The molecular weight excluding hydrogens is 252 g/mol. The molecule has 0 aromatic carbocycles. The predicted molar refractivity (Wildman–Crippen MR) is 68.5 cm³/mol. The number of nitrogens with zero attached hydrogens (tertiary/aromatic N) is 2. The van der Waals surface area contributed by atoms with E-state index < -0.39 is 5.97 Å². The van der Waals surface area contributed by atoms with Gasteiger partial charge in [0.05, 0.1) is 10.9 Å². The van der Waals surface area contributed by atoms with E-state index in [4.69, 9.17) is 0 Å². The number of hydrogen-bond acceptors (Lipinski definition) is 4. The highest BCUT2D eigenvalue weighted by Crippen LogP contribution is 2.28. The van der Waals surface area contributed by atoms with Crippen LogP contribution in [0.25, 0.3) is 10.2 Å². The number of hydrogen-bond donors (Lipinski definition) is 1. The van der Waals surface area contributed by atoms with E-state index in [0.29, 0.717) is 16.3 Å². The molecule has 0 radical (unpaired) electrons. The van der Waals surface area contributed by atoms with E-state index >= 15 is 0 Å². The lowest BCUT2D eigenvalue weighted by molar-refractivity contribution is 0.0698. The van der Waals surface area contributed by atoms with E-state index in [0.717, 1.165) is 25.1 Å². The first-order valence-corrected chi connectivity index (χ1v) is 6.67. The normalized spacial score (nSPS) is 14.7. The molecule has 6 heteroatoms. The van der Waals surface area contributed by atoms with E-state index in [2.05, 4.69) is 4.98 Å². The summed E-state index contributed by atoms with van der Waals surface area (Å²) in [6.07, 6.45) is 2.78. The lowest BCUT2D eigenvalue weighted by atomic mass is 10.1. The van der Waals surface area contributed by atoms with Gasteiger partial charge in [-0.25, -0.2) is 9.78 Å². The van der Waals surface area contributed by atoms with Crippen LogP contribution >= 0.6 is 11.3 Å². The smallest absolute Gasteiger partial charge is 0.337 e. The van der Waals surface area contributed by atoms with Gasteiger partial charge in [0.1, 0.15) is 10.7 Å². The fourth-order valence-corrected chi connectivity index (χ4v) is 3.49. The van der Waals surface area contributed by atoms with Crippen molar-refractivity contribution in [3.63, 3.8) is 0 Å². The highest BCUT2D eigenvalue weighted by Gasteiger charge is 2.23. The average molecular weight is 264 g/mol. The Balaban J connectivity index is 2.44. The van der Waals surface area contributed by atoms with Gasteiger partial charge in [0.15, 0.2) is 0 Å². The molecule has 3 rings (SSSR count). The van der Waals surface area contributed by atoms with Crippen molar-refractivity contribution >= 4 is 27.5 Å². The van der Waals surface area contributed by atoms with Crippen molar-refractivity contribution in [3.8, 4) is 0 Å². The average Bonchev–Trinajstić information content (AvgIpc) is 2.66. The minimum Gasteiger partial charge on any atom is -0.478 e. The zero-order valence-corrected chi connectivity index (χ0v) is 10.7. The van der Waals surface area contributed by atoms with Gasteiger partial charge in [0, 0.05) is 17.8 Å². The van der Waals surface area contributed by atoms with Crippen molar-refractivity contribution in [2.24, 2.45) is 0 Å². The molecule has 0 amide bonds. The summed E-state index contributed by atoms with van der Waals surface area (Å²) < 4.78 is 1.63. The molecule has 3 heterocycles. The summed E-state index contributed by atoms with van der Waals surface area (Å²) >= 11 is 1.29. The Hall–Kier alpha value is -1.69. The summed E-state index contributed by atoms with van der Waals surface area (Å²) in [5.74, 6) is -0.258. The molecule has 2 aromatic rings. The molecule has 0 spiro atoms. The molecule has 94 valence electrons. The lowest BCUT2D eigenvalue weighted by Gasteiger charge is -2.16. The van der Waals surface area contributed by atoms with Crippen LogP contribution in [0, 0.1) is 6.92 Å². The first kappa shape index (κ1) is 11.4. The highest BCUT2D eigenvalue weighted by atomic mass is 32.1. The molecule has 0 fully saturated rings. The summed E-state index contributed by atoms with van der Waals surface area (Å²) in [5, 5.41) is 9.49. The van der Waals surface area contributed by atoms with Gasteiger partial charge in [-0.1, -0.05) is 0 Å². The molecule has 0 saturated heterocycles. The third kappa shape index (κ3) is 1.49. The number of carboxylic acids is 1. The van der Waals surface area contributed by atoms with Crippen molar-refractivity contribution in [1.82, 2.24) is 9.55 Å². The molecule has 1 aliphatic rings. The Morgan fingerprint density at radius 3 is 2.94 bits per heavy atom. The van der Waals surface area contributed by atoms with Gasteiger partial charge in [-0.3, -0.25) is 9.36 Å². The van der Waals surface area contributed by atoms with Gasteiger partial charge in [0.2, 0.25) is 0 Å². The SMILES string of the molecule is Cc1sc2nc3n(c(=O)c2c1C(=O)O)CCCC3. The van der Waals surface area contributed by atoms with Gasteiger partial charge in [-0.05, 0) is 19.8 Å². The van der Waals surface area contributed by atoms with Crippen LogP contribution < -0.4 is 5.56 Å². The number of thiophene rings is 1. The summed E-state index contributed by atoms with van der Waals surface area (Å²) in [7, 11) is 0. The summed E-state index contributed by atoms with van der Waals surface area (Å²) in [5.41, 5.74) is -0.0789. The predicted octanol–water partition coefficient (Wildman–Crippen LogP) is 1.80. The monoisotopic (exact) mass is 264 g/mol. The number of aryl methyl sites for hydroxylation is 2. The minimum absolute atomic E-state index is 0.119. The second kappa shape index (κ2) is 3.91. The lowest BCUT2D eigenvalue weighted by Crippen LogP contribution is -2.28. The van der Waals surface area contributed by atoms with Crippen LogP contribution in [0.3, 0.4) is 0 Å². The van der Waals surface area contributed by atoms with Crippen LogP contribution in [0.4, 0.5) is 0 Å². The Kier molecular flexibility index (Phi) is 2.48. The standard InChI is InChI=1S/C12H12N2O3S/c1-6-8(12(16)17)9-10(18-6)13-7-4-2-3-5-14(7)11(9)15/h2-5H2,1H3,(H,16,17). The van der Waals surface area contributed by atoms with Crippen LogP contribution in [0.1, 0.15) is 33.9 Å². The van der Waals surface area contributed by atoms with E-state index in [1.807, 2.05) is 0 Å². The Morgan fingerprint density at radius 1 is 1.44 bits per heavy atom. The van der Waals surface area contributed by atoms with Crippen LogP contribution in [-0.4, -0.2) is 20.6 Å². The Bertz CT molecular complexity index is 714. The first-order chi connectivity index (χ1) is 8.59. The fourth-order valence-electron chi connectivity index (χ4n) is 2.47. The van der Waals surface area contributed by atoms with Crippen molar-refractivity contribution in [1.29, 1.82) is 0 Å². The third-order valence-corrected chi connectivity index (χ3v) is 4.31. The quantitative estimate of drug-likeness (QED) is 0.852. The minimum atomic E-state index is -1.05. The van der Waals surface area contributed by atoms with Gasteiger partial charge >= 0.3 is 5.97 Å². The molecule has 5 nitrogen and oxygen atoms in total. The number of aromatic carboxylic acids is 1. The summed E-state index contributed by atoms with van der Waals surface area (Å²) in [4.78, 5) is 29.3. The maximum absolute atomic E-state index is 12.4. The van der Waals surface area contributed by atoms with E-state index in [-0.39, 0.29) is 16.5 Å². The number of carbonyl (C=O) groups is 1. The maximum Gasteiger partial charge on any atom is 0.337 e. The zero-order valence-electron chi connectivity index (χ0n) is 9.89. The van der Waals surface area contributed by atoms with E-state index in [1.54, 1.807) is 11.5 Å². The van der Waals surface area contributed by atoms with Gasteiger partial charge in [-0.2, -0.15) is 0 Å². The highest BCUT2D eigenvalue weighted by molar-refractivity contribution is 7.19. The van der Waals surface area contributed by atoms with Crippen molar-refractivity contribution in [2.75, 3.05) is 0 Å². The Morgan fingerprint density at radius 2 is 2.22 bits per heavy atom. The molecular formula is C12H12N2O3S. The zero-order chi connectivity index (χ0) is 12.9. The van der Waals surface area contributed by atoms with Crippen molar-refractivity contribution < 1.29 is 9.90 Å². The molecule has 0 aliphatic carbocycles. The largest absolute Gasteiger partial charge is 0.478 e. The fraction of sp³-hybridized carbons (Fsp3) is 0.417. The van der Waals surface area contributed by atoms with E-state index in [1.165, 1.54) is 11.3 Å². The van der Waals surface area contributed by atoms with Crippen molar-refractivity contribution in [2.45, 2.75) is 32.7 Å². The number of aromatic nitrogens is 2. The molecule has 2 aromatic heterocycles. The van der Waals surface area contributed by atoms with Gasteiger partial charge < -0.3 is 5.11 Å². The maximum atomic E-state index is 12.4. The van der Waals surface area contributed by atoms with Crippen LogP contribution in [-0.2, 0) is 13.0 Å². The Labute approximate surface area is 107 Å². The second-order valence-electron chi connectivity index (χ2n) is 4.46. The molecule has 18 heavy (non-hydrogen) atoms. The van der Waals surface area contributed by atoms with Gasteiger partial charge in [0.25, 0.3) is 5.56 Å². The summed E-state index contributed by atoms with van der Waals surface area (Å²) in [6, 6.07) is 0. The third-order valence-electron chi connectivity index (χ3n) is 3.31. The molecule has 1 N–H and O–H groups in total.